The maximum atomic E-state index is 2.62. The van der Waals surface area contributed by atoms with Gasteiger partial charge in [-0.3, -0.25) is 0 Å². The van der Waals surface area contributed by atoms with Crippen LogP contribution in [0.1, 0.15) is 27.8 Å². The number of aryl methyl sites for hydroxylation is 4. The smallest absolute Gasteiger partial charge is 0.186 e. The number of benzene rings is 3. The van der Waals surface area contributed by atoms with Gasteiger partial charge in [-0.15, -0.1) is 0 Å². The second kappa shape index (κ2) is 6.70. The molecule has 3 aromatic carbocycles. The summed E-state index contributed by atoms with van der Waals surface area (Å²) in [5.41, 5.74) is 13.0. The van der Waals surface area contributed by atoms with Crippen LogP contribution in [0, 0.1) is 0 Å². The van der Waals surface area contributed by atoms with E-state index in [0.29, 0.717) is 0 Å². The summed E-state index contributed by atoms with van der Waals surface area (Å²) in [7, 11) is 0. The van der Waals surface area contributed by atoms with Crippen LogP contribution in [-0.2, 0) is 32.2 Å². The topological polar surface area (TPSA) is 3.88 Å². The van der Waals surface area contributed by atoms with E-state index in [0.717, 1.165) is 32.2 Å². The number of nitrogens with zero attached hydrogens (tertiary/aromatic N) is 1. The van der Waals surface area contributed by atoms with Gasteiger partial charge in [-0.25, -0.2) is 0 Å². The minimum atomic E-state index is 0.912. The Morgan fingerprint density at radius 2 is 1.00 bits per heavy atom. The highest BCUT2D eigenvalue weighted by molar-refractivity contribution is 5.73. The van der Waals surface area contributed by atoms with E-state index in [4.69, 9.17) is 0 Å². The maximum Gasteiger partial charge on any atom is 0.216 e. The average Bonchev–Trinajstić information content (AvgIpc) is 2.79. The molecule has 29 heavy (non-hydrogen) atoms. The van der Waals surface area contributed by atoms with E-state index in [1.54, 1.807) is 0 Å². The maximum absolute atomic E-state index is 2.62. The molecule has 2 aliphatic carbocycles. The van der Waals surface area contributed by atoms with Gasteiger partial charge in [0.2, 0.25) is 11.4 Å². The van der Waals surface area contributed by atoms with Crippen LogP contribution >= 0.6 is 0 Å². The molecule has 0 saturated heterocycles. The quantitative estimate of drug-likeness (QED) is 0.405. The van der Waals surface area contributed by atoms with Crippen molar-refractivity contribution >= 4 is 0 Å². The molecule has 2 aliphatic rings. The summed E-state index contributed by atoms with van der Waals surface area (Å²) in [6.07, 6.45) is 4.56. The Kier molecular flexibility index (Phi) is 3.87. The minimum Gasteiger partial charge on any atom is -0.186 e. The lowest BCUT2D eigenvalue weighted by Gasteiger charge is -2.25. The number of aromatic nitrogens is 1. The van der Waals surface area contributed by atoms with Crippen LogP contribution in [0.15, 0.2) is 84.9 Å². The summed E-state index contributed by atoms with van der Waals surface area (Å²) in [6.45, 7) is 0.912. The van der Waals surface area contributed by atoms with Crippen LogP contribution in [0.4, 0.5) is 0 Å². The van der Waals surface area contributed by atoms with Gasteiger partial charge in [0.15, 0.2) is 6.54 Å². The predicted octanol–water partition coefficient (Wildman–Crippen LogP) is 5.55. The van der Waals surface area contributed by atoms with Gasteiger partial charge in [0.25, 0.3) is 0 Å². The summed E-state index contributed by atoms with van der Waals surface area (Å²) in [5, 5.41) is 0. The van der Waals surface area contributed by atoms with Crippen LogP contribution in [0.3, 0.4) is 0 Å². The summed E-state index contributed by atoms with van der Waals surface area (Å²) in [5.74, 6) is 0. The first-order chi connectivity index (χ1) is 14.4. The van der Waals surface area contributed by atoms with E-state index < -0.39 is 0 Å². The molecule has 0 atom stereocenters. The monoisotopic (exact) mass is 374 g/mol. The molecule has 1 nitrogen and oxygen atoms in total. The molecule has 0 saturated carbocycles. The molecular formula is C28H24N+. The van der Waals surface area contributed by atoms with Crippen molar-refractivity contribution < 1.29 is 4.57 Å². The van der Waals surface area contributed by atoms with Gasteiger partial charge in [0, 0.05) is 27.8 Å². The second-order valence-corrected chi connectivity index (χ2v) is 8.28. The molecule has 0 amide bonds. The molecule has 0 unspecified atom stereocenters. The molecule has 0 spiro atoms. The molecule has 6 rings (SSSR count). The predicted molar refractivity (Wildman–Crippen MR) is 118 cm³/mol. The van der Waals surface area contributed by atoms with Crippen LogP contribution in [0.2, 0.25) is 0 Å². The molecule has 140 valence electrons. The van der Waals surface area contributed by atoms with Crippen LogP contribution in [-0.4, -0.2) is 0 Å². The summed E-state index contributed by atoms with van der Waals surface area (Å²) in [4.78, 5) is 0. The Morgan fingerprint density at radius 3 is 1.59 bits per heavy atom. The highest BCUT2D eigenvalue weighted by Gasteiger charge is 2.33. The van der Waals surface area contributed by atoms with E-state index in [2.05, 4.69) is 89.5 Å². The number of hydrogen-bond acceptors (Lipinski definition) is 0. The Labute approximate surface area is 172 Å². The molecule has 0 aliphatic heterocycles. The molecule has 4 aromatic rings. The summed E-state index contributed by atoms with van der Waals surface area (Å²) < 4.78 is 2.62. The number of hydrogen-bond donors (Lipinski definition) is 0. The van der Waals surface area contributed by atoms with Crippen LogP contribution < -0.4 is 4.57 Å². The number of rotatable bonds is 2. The fraction of sp³-hybridized carbons (Fsp3) is 0.179. The van der Waals surface area contributed by atoms with Crippen LogP contribution in [0.5, 0.6) is 0 Å². The van der Waals surface area contributed by atoms with Gasteiger partial charge in [0.1, 0.15) is 0 Å². The van der Waals surface area contributed by atoms with E-state index in [-0.39, 0.29) is 0 Å². The Balaban J connectivity index is 1.67. The lowest BCUT2D eigenvalue weighted by atomic mass is 9.83. The lowest BCUT2D eigenvalue weighted by molar-refractivity contribution is -0.667. The van der Waals surface area contributed by atoms with Crippen molar-refractivity contribution in [2.24, 2.45) is 0 Å². The van der Waals surface area contributed by atoms with E-state index in [1.165, 1.54) is 50.3 Å². The fourth-order valence-corrected chi connectivity index (χ4v) is 5.22. The highest BCUT2D eigenvalue weighted by Crippen LogP contribution is 2.38. The summed E-state index contributed by atoms with van der Waals surface area (Å²) in [6, 6.07) is 31.4. The zero-order valence-corrected chi connectivity index (χ0v) is 16.6. The average molecular weight is 375 g/mol. The lowest BCUT2D eigenvalue weighted by Crippen LogP contribution is -2.43. The van der Waals surface area contributed by atoms with E-state index >= 15 is 0 Å². The first kappa shape index (κ1) is 16.7. The Bertz CT molecular complexity index is 1150. The third-order valence-corrected chi connectivity index (χ3v) is 6.55. The molecule has 1 heterocycles. The van der Waals surface area contributed by atoms with Gasteiger partial charge < -0.3 is 0 Å². The molecule has 0 bridgehead atoms. The first-order valence-electron chi connectivity index (χ1n) is 10.7. The molecular weight excluding hydrogens is 350 g/mol. The third-order valence-electron chi connectivity index (χ3n) is 6.55. The Hall–Kier alpha value is -3.19. The summed E-state index contributed by atoms with van der Waals surface area (Å²) >= 11 is 0. The standard InChI is InChI=1S/C28H24N/c1-2-8-20(9-3-1)19-29-27-23(16-14-21-10-4-6-12-25(21)27)18-24-17-15-22-11-5-7-13-26(22)28(24)29/h1-13,18H,14-17,19H2/q+1. The SMILES string of the molecule is c1ccc(C[n+]2c3c(cc4c2-c2ccccc2CC4)CCc2ccccc2-3)cc1. The van der Waals surface area contributed by atoms with Crippen molar-refractivity contribution in [1.29, 1.82) is 0 Å². The molecule has 1 heteroatoms. The van der Waals surface area contributed by atoms with Crippen molar-refractivity contribution in [2.45, 2.75) is 32.2 Å². The fourth-order valence-electron chi connectivity index (χ4n) is 5.22. The van der Waals surface area contributed by atoms with Crippen molar-refractivity contribution in [1.82, 2.24) is 0 Å². The largest absolute Gasteiger partial charge is 0.216 e. The number of pyridine rings is 1. The zero-order chi connectivity index (χ0) is 19.2. The molecule has 1 aromatic heterocycles. The second-order valence-electron chi connectivity index (χ2n) is 8.28. The van der Waals surface area contributed by atoms with Crippen molar-refractivity contribution in [3.05, 3.63) is 113 Å². The van der Waals surface area contributed by atoms with E-state index in [9.17, 15) is 0 Å². The highest BCUT2D eigenvalue weighted by atomic mass is 15.0. The number of fused-ring (bicyclic) bond motifs is 6. The minimum absolute atomic E-state index is 0.912. The van der Waals surface area contributed by atoms with Crippen molar-refractivity contribution in [3.63, 3.8) is 0 Å². The molecule has 0 N–H and O–H groups in total. The van der Waals surface area contributed by atoms with E-state index in [1.807, 2.05) is 0 Å². The normalized spacial score (nSPS) is 13.8. The molecule has 0 fully saturated rings. The zero-order valence-electron chi connectivity index (χ0n) is 16.6. The Morgan fingerprint density at radius 1 is 0.517 bits per heavy atom. The van der Waals surface area contributed by atoms with Gasteiger partial charge in [-0.2, -0.15) is 4.57 Å². The molecule has 0 radical (unpaired) electrons. The van der Waals surface area contributed by atoms with Gasteiger partial charge in [-0.05, 0) is 55.0 Å². The van der Waals surface area contributed by atoms with Crippen molar-refractivity contribution in [2.75, 3.05) is 0 Å². The first-order valence-corrected chi connectivity index (χ1v) is 10.7. The van der Waals surface area contributed by atoms with Gasteiger partial charge in [-0.1, -0.05) is 66.7 Å². The third kappa shape index (κ3) is 2.73. The van der Waals surface area contributed by atoms with Crippen molar-refractivity contribution in [3.8, 4) is 22.5 Å². The van der Waals surface area contributed by atoms with Gasteiger partial charge in [0.05, 0.1) is 0 Å². The van der Waals surface area contributed by atoms with Gasteiger partial charge >= 0.3 is 0 Å². The van der Waals surface area contributed by atoms with Crippen LogP contribution in [0.25, 0.3) is 22.5 Å².